The standard InChI is InChI=1S/C21H33N3O4S/c1-17(22-18-7-5-3-2-4-6-8-18)21(25)23-19-9-11-20(12-10-19)29(26,27)24-13-15-28-16-14-24/h9-12,17-18,22H,2-8,13-16H2,1H3,(H,23,25)/t17-/m1/s1. The van der Waals surface area contributed by atoms with Crippen LogP contribution >= 0.6 is 0 Å². The minimum atomic E-state index is -3.52. The summed E-state index contributed by atoms with van der Waals surface area (Å²) in [6.45, 7) is 3.44. The van der Waals surface area contributed by atoms with E-state index in [1.165, 1.54) is 36.4 Å². The number of nitrogens with one attached hydrogen (secondary N) is 2. The third kappa shape index (κ3) is 6.25. The summed E-state index contributed by atoms with van der Waals surface area (Å²) in [6, 6.07) is 6.48. The first-order valence-electron chi connectivity index (χ1n) is 10.7. The van der Waals surface area contributed by atoms with Crippen molar-refractivity contribution in [3.8, 4) is 0 Å². The zero-order chi connectivity index (χ0) is 20.7. The van der Waals surface area contributed by atoms with E-state index in [4.69, 9.17) is 4.74 Å². The van der Waals surface area contributed by atoms with Gasteiger partial charge in [0.05, 0.1) is 24.2 Å². The van der Waals surface area contributed by atoms with Gasteiger partial charge in [0.2, 0.25) is 15.9 Å². The third-order valence-corrected chi connectivity index (χ3v) is 7.63. The smallest absolute Gasteiger partial charge is 0.243 e. The summed E-state index contributed by atoms with van der Waals surface area (Å²) >= 11 is 0. The summed E-state index contributed by atoms with van der Waals surface area (Å²) in [5.74, 6) is -0.101. The van der Waals surface area contributed by atoms with Crippen LogP contribution in [-0.4, -0.2) is 57.0 Å². The molecule has 1 saturated heterocycles. The van der Waals surface area contributed by atoms with Gasteiger partial charge < -0.3 is 15.4 Å². The number of ether oxygens (including phenoxy) is 1. The van der Waals surface area contributed by atoms with Crippen LogP contribution in [0.25, 0.3) is 0 Å². The van der Waals surface area contributed by atoms with Gasteiger partial charge in [0, 0.05) is 24.8 Å². The van der Waals surface area contributed by atoms with Crippen molar-refractivity contribution in [3.63, 3.8) is 0 Å². The lowest BCUT2D eigenvalue weighted by atomic mass is 9.96. The van der Waals surface area contributed by atoms with E-state index in [2.05, 4.69) is 10.6 Å². The Balaban J connectivity index is 1.55. The SMILES string of the molecule is C[C@@H](NC1CCCCCCC1)C(=O)Nc1ccc(S(=O)(=O)N2CCOCC2)cc1. The molecule has 1 saturated carbocycles. The molecule has 1 atom stereocenters. The van der Waals surface area contributed by atoms with Gasteiger partial charge in [-0.1, -0.05) is 32.1 Å². The fourth-order valence-corrected chi connectivity index (χ4v) is 5.36. The second-order valence-electron chi connectivity index (χ2n) is 7.96. The molecule has 2 N–H and O–H groups in total. The lowest BCUT2D eigenvalue weighted by molar-refractivity contribution is -0.118. The van der Waals surface area contributed by atoms with Crippen LogP contribution in [0.1, 0.15) is 51.9 Å². The van der Waals surface area contributed by atoms with Crippen LogP contribution in [0.4, 0.5) is 5.69 Å². The molecule has 2 aliphatic rings. The van der Waals surface area contributed by atoms with E-state index in [1.807, 2.05) is 6.92 Å². The molecule has 1 amide bonds. The van der Waals surface area contributed by atoms with Crippen LogP contribution in [0.2, 0.25) is 0 Å². The molecule has 1 aromatic rings. The molecule has 1 aliphatic carbocycles. The predicted octanol–water partition coefficient (Wildman–Crippen LogP) is 2.74. The van der Waals surface area contributed by atoms with E-state index >= 15 is 0 Å². The first-order chi connectivity index (χ1) is 14.0. The average Bonchev–Trinajstić information content (AvgIpc) is 2.71. The van der Waals surface area contributed by atoms with Crippen molar-refractivity contribution in [2.24, 2.45) is 0 Å². The molecule has 7 nitrogen and oxygen atoms in total. The first-order valence-corrected chi connectivity index (χ1v) is 12.2. The van der Waals surface area contributed by atoms with Crippen LogP contribution in [0.3, 0.4) is 0 Å². The van der Waals surface area contributed by atoms with Crippen LogP contribution < -0.4 is 10.6 Å². The molecule has 8 heteroatoms. The van der Waals surface area contributed by atoms with E-state index in [9.17, 15) is 13.2 Å². The van der Waals surface area contributed by atoms with Crippen molar-refractivity contribution in [3.05, 3.63) is 24.3 Å². The van der Waals surface area contributed by atoms with Crippen LogP contribution in [0.15, 0.2) is 29.2 Å². The first kappa shape index (κ1) is 22.2. The number of rotatable bonds is 6. The summed E-state index contributed by atoms with van der Waals surface area (Å²) in [4.78, 5) is 12.8. The summed E-state index contributed by atoms with van der Waals surface area (Å²) in [5, 5.41) is 6.35. The summed E-state index contributed by atoms with van der Waals surface area (Å²) in [5.41, 5.74) is 0.599. The fourth-order valence-electron chi connectivity index (χ4n) is 3.95. The maximum Gasteiger partial charge on any atom is 0.243 e. The molecule has 0 unspecified atom stereocenters. The van der Waals surface area contributed by atoms with Gasteiger partial charge in [0.1, 0.15) is 0 Å². The highest BCUT2D eigenvalue weighted by Gasteiger charge is 2.26. The minimum Gasteiger partial charge on any atom is -0.379 e. The highest BCUT2D eigenvalue weighted by Crippen LogP contribution is 2.20. The highest BCUT2D eigenvalue weighted by molar-refractivity contribution is 7.89. The highest BCUT2D eigenvalue weighted by atomic mass is 32.2. The van der Waals surface area contributed by atoms with Crippen LogP contribution in [-0.2, 0) is 19.6 Å². The quantitative estimate of drug-likeness (QED) is 0.735. The summed E-state index contributed by atoms with van der Waals surface area (Å²) < 4.78 is 32.0. The van der Waals surface area contributed by atoms with Crippen LogP contribution in [0.5, 0.6) is 0 Å². The molecule has 1 aliphatic heterocycles. The Morgan fingerprint density at radius 1 is 1.03 bits per heavy atom. The minimum absolute atomic E-state index is 0.101. The van der Waals surface area contributed by atoms with E-state index in [0.717, 1.165) is 12.8 Å². The molecule has 0 spiro atoms. The Kier molecular flexibility index (Phi) is 8.06. The largest absolute Gasteiger partial charge is 0.379 e. The Hall–Kier alpha value is -1.48. The summed E-state index contributed by atoms with van der Waals surface area (Å²) in [7, 11) is -3.52. The topological polar surface area (TPSA) is 87.7 Å². The van der Waals surface area contributed by atoms with Crippen molar-refractivity contribution in [1.29, 1.82) is 0 Å². The van der Waals surface area contributed by atoms with Gasteiger partial charge in [-0.05, 0) is 44.0 Å². The zero-order valence-electron chi connectivity index (χ0n) is 17.2. The number of morpholine rings is 1. The van der Waals surface area contributed by atoms with Crippen molar-refractivity contribution in [1.82, 2.24) is 9.62 Å². The molecule has 2 fully saturated rings. The molecule has 162 valence electrons. The Morgan fingerprint density at radius 2 is 1.62 bits per heavy atom. The van der Waals surface area contributed by atoms with E-state index in [-0.39, 0.29) is 16.8 Å². The number of amides is 1. The number of sulfonamides is 1. The lowest BCUT2D eigenvalue weighted by Gasteiger charge is -2.26. The Labute approximate surface area is 174 Å². The number of anilines is 1. The van der Waals surface area contributed by atoms with Crippen molar-refractivity contribution < 1.29 is 17.9 Å². The van der Waals surface area contributed by atoms with Gasteiger partial charge >= 0.3 is 0 Å². The second kappa shape index (κ2) is 10.5. The van der Waals surface area contributed by atoms with Crippen LogP contribution in [0, 0.1) is 0 Å². The number of carbonyl (C=O) groups is 1. The molecule has 1 aromatic carbocycles. The second-order valence-corrected chi connectivity index (χ2v) is 9.90. The Bertz CT molecular complexity index is 753. The number of carbonyl (C=O) groups excluding carboxylic acids is 1. The fraction of sp³-hybridized carbons (Fsp3) is 0.667. The van der Waals surface area contributed by atoms with E-state index in [0.29, 0.717) is 38.0 Å². The molecule has 0 bridgehead atoms. The number of hydrogen-bond donors (Lipinski definition) is 2. The zero-order valence-corrected chi connectivity index (χ0v) is 18.0. The van der Waals surface area contributed by atoms with Crippen molar-refractivity contribution in [2.45, 2.75) is 68.8 Å². The molecule has 1 heterocycles. The monoisotopic (exact) mass is 423 g/mol. The van der Waals surface area contributed by atoms with Gasteiger partial charge in [-0.2, -0.15) is 4.31 Å². The average molecular weight is 424 g/mol. The molecule has 0 aromatic heterocycles. The number of benzene rings is 1. The maximum absolute atomic E-state index is 12.7. The van der Waals surface area contributed by atoms with Gasteiger partial charge in [-0.3, -0.25) is 4.79 Å². The third-order valence-electron chi connectivity index (χ3n) is 5.71. The van der Waals surface area contributed by atoms with Gasteiger partial charge in [0.15, 0.2) is 0 Å². The molecule has 0 radical (unpaired) electrons. The van der Waals surface area contributed by atoms with E-state index in [1.54, 1.807) is 24.3 Å². The predicted molar refractivity (Wildman–Crippen MR) is 113 cm³/mol. The Morgan fingerprint density at radius 3 is 2.24 bits per heavy atom. The van der Waals surface area contributed by atoms with Crippen molar-refractivity contribution >= 4 is 21.6 Å². The maximum atomic E-state index is 12.7. The van der Waals surface area contributed by atoms with Gasteiger partial charge in [0.25, 0.3) is 0 Å². The summed E-state index contributed by atoms with van der Waals surface area (Å²) in [6.07, 6.45) is 8.53. The molecular formula is C21H33N3O4S. The van der Waals surface area contributed by atoms with E-state index < -0.39 is 10.0 Å². The lowest BCUT2D eigenvalue weighted by Crippen LogP contribution is -2.44. The number of nitrogens with zero attached hydrogens (tertiary/aromatic N) is 1. The number of hydrogen-bond acceptors (Lipinski definition) is 5. The van der Waals surface area contributed by atoms with Crippen molar-refractivity contribution in [2.75, 3.05) is 31.6 Å². The van der Waals surface area contributed by atoms with Gasteiger partial charge in [-0.25, -0.2) is 8.42 Å². The molecule has 29 heavy (non-hydrogen) atoms. The van der Waals surface area contributed by atoms with Gasteiger partial charge in [-0.15, -0.1) is 0 Å². The molecule has 3 rings (SSSR count). The normalized spacial score (nSPS) is 21.1. The molecular weight excluding hydrogens is 390 g/mol.